The minimum Gasteiger partial charge on any atom is -0.457 e. The molecule has 0 aliphatic heterocycles. The summed E-state index contributed by atoms with van der Waals surface area (Å²) in [5.41, 5.74) is 6.83. The molecule has 0 aliphatic rings. The second kappa shape index (κ2) is 5.80. The lowest BCUT2D eigenvalue weighted by Gasteiger charge is -2.15. The molecule has 0 aromatic heterocycles. The van der Waals surface area contributed by atoms with Crippen molar-refractivity contribution in [1.29, 1.82) is 0 Å². The van der Waals surface area contributed by atoms with E-state index < -0.39 is 11.6 Å². The molecule has 1 atom stereocenters. The third-order valence-electron chi connectivity index (χ3n) is 2.88. The van der Waals surface area contributed by atoms with Gasteiger partial charge >= 0.3 is 0 Å². The van der Waals surface area contributed by atoms with Gasteiger partial charge in [0.1, 0.15) is 11.5 Å². The summed E-state index contributed by atoms with van der Waals surface area (Å²) >= 11 is 0. The zero-order valence-electron chi connectivity index (χ0n) is 10.6. The van der Waals surface area contributed by atoms with Crippen LogP contribution >= 0.6 is 0 Å². The molecule has 2 nitrogen and oxygen atoms in total. The second-order valence-corrected chi connectivity index (χ2v) is 4.23. The van der Waals surface area contributed by atoms with E-state index in [1.165, 1.54) is 6.07 Å². The lowest BCUT2D eigenvalue weighted by Crippen LogP contribution is -2.09. The molecule has 0 bridgehead atoms. The molecule has 2 N–H and O–H groups in total. The average molecular weight is 263 g/mol. The number of hydrogen-bond acceptors (Lipinski definition) is 2. The van der Waals surface area contributed by atoms with E-state index >= 15 is 0 Å². The monoisotopic (exact) mass is 263 g/mol. The molecule has 0 spiro atoms. The second-order valence-electron chi connectivity index (χ2n) is 4.23. The maximum atomic E-state index is 13.1. The summed E-state index contributed by atoms with van der Waals surface area (Å²) in [6.45, 7) is 1.97. The molecule has 0 heterocycles. The smallest absolute Gasteiger partial charge is 0.162 e. The van der Waals surface area contributed by atoms with Crippen molar-refractivity contribution in [2.75, 3.05) is 0 Å². The molecule has 0 amide bonds. The molecule has 19 heavy (non-hydrogen) atoms. The molecule has 2 rings (SSSR count). The Morgan fingerprint density at radius 3 is 2.53 bits per heavy atom. The van der Waals surface area contributed by atoms with Crippen LogP contribution in [-0.4, -0.2) is 0 Å². The van der Waals surface area contributed by atoms with Crippen molar-refractivity contribution in [2.24, 2.45) is 5.73 Å². The Bertz CT molecular complexity index is 572. The fraction of sp³-hybridized carbons (Fsp3) is 0.200. The fourth-order valence-corrected chi connectivity index (χ4v) is 1.77. The summed E-state index contributed by atoms with van der Waals surface area (Å²) in [7, 11) is 0. The van der Waals surface area contributed by atoms with Gasteiger partial charge in [0.15, 0.2) is 11.6 Å². The standard InChI is InChI=1S/C15H15F2NO/c1-2-14(18)11-5-3-4-6-15(11)19-10-7-8-12(16)13(17)9-10/h3-9,14H,2,18H2,1H3/t14-/m1/s1. The van der Waals surface area contributed by atoms with Crippen molar-refractivity contribution in [3.63, 3.8) is 0 Å². The van der Waals surface area contributed by atoms with Crippen LogP contribution in [0.2, 0.25) is 0 Å². The number of hydrogen-bond donors (Lipinski definition) is 1. The molecule has 0 radical (unpaired) electrons. The van der Waals surface area contributed by atoms with Gasteiger partial charge in [0.05, 0.1) is 0 Å². The Morgan fingerprint density at radius 2 is 1.84 bits per heavy atom. The normalized spacial score (nSPS) is 12.2. The molecule has 100 valence electrons. The zero-order chi connectivity index (χ0) is 13.8. The van der Waals surface area contributed by atoms with Gasteiger partial charge in [-0.05, 0) is 24.6 Å². The molecule has 0 fully saturated rings. The third-order valence-corrected chi connectivity index (χ3v) is 2.88. The van der Waals surface area contributed by atoms with Crippen molar-refractivity contribution in [3.05, 3.63) is 59.7 Å². The largest absolute Gasteiger partial charge is 0.457 e. The van der Waals surface area contributed by atoms with E-state index in [0.29, 0.717) is 5.75 Å². The molecule has 0 saturated heterocycles. The minimum absolute atomic E-state index is 0.151. The van der Waals surface area contributed by atoms with Crippen LogP contribution in [0.25, 0.3) is 0 Å². The number of benzene rings is 2. The Kier molecular flexibility index (Phi) is 4.12. The topological polar surface area (TPSA) is 35.2 Å². The molecular weight excluding hydrogens is 248 g/mol. The molecular formula is C15H15F2NO. The molecule has 0 unspecified atom stereocenters. The van der Waals surface area contributed by atoms with Crippen LogP contribution < -0.4 is 10.5 Å². The summed E-state index contributed by atoms with van der Waals surface area (Å²) in [5, 5.41) is 0. The van der Waals surface area contributed by atoms with E-state index in [-0.39, 0.29) is 11.8 Å². The summed E-state index contributed by atoms with van der Waals surface area (Å²) in [6.07, 6.45) is 0.762. The zero-order valence-corrected chi connectivity index (χ0v) is 10.6. The first-order valence-electron chi connectivity index (χ1n) is 6.09. The molecule has 2 aromatic carbocycles. The van der Waals surface area contributed by atoms with Crippen LogP contribution in [0.1, 0.15) is 24.9 Å². The summed E-state index contributed by atoms with van der Waals surface area (Å²) < 4.78 is 31.6. The van der Waals surface area contributed by atoms with Gasteiger partial charge in [0.25, 0.3) is 0 Å². The van der Waals surface area contributed by atoms with E-state index in [2.05, 4.69) is 0 Å². The first-order chi connectivity index (χ1) is 9.11. The van der Waals surface area contributed by atoms with Gasteiger partial charge in [-0.25, -0.2) is 8.78 Å². The molecule has 0 saturated carbocycles. The third kappa shape index (κ3) is 3.09. The lowest BCUT2D eigenvalue weighted by atomic mass is 10.0. The highest BCUT2D eigenvalue weighted by Gasteiger charge is 2.11. The highest BCUT2D eigenvalue weighted by molar-refractivity contribution is 5.39. The quantitative estimate of drug-likeness (QED) is 0.898. The first kappa shape index (κ1) is 13.5. The van der Waals surface area contributed by atoms with E-state index in [0.717, 1.165) is 24.1 Å². The van der Waals surface area contributed by atoms with Gasteiger partial charge in [0, 0.05) is 17.7 Å². The van der Waals surface area contributed by atoms with E-state index in [1.807, 2.05) is 19.1 Å². The van der Waals surface area contributed by atoms with E-state index in [4.69, 9.17) is 10.5 Å². The first-order valence-corrected chi connectivity index (χ1v) is 6.09. The minimum atomic E-state index is -0.935. The Morgan fingerprint density at radius 1 is 1.11 bits per heavy atom. The van der Waals surface area contributed by atoms with Gasteiger partial charge in [0.2, 0.25) is 0 Å². The van der Waals surface area contributed by atoms with Gasteiger partial charge in [-0.15, -0.1) is 0 Å². The van der Waals surface area contributed by atoms with Crippen LogP contribution in [0.5, 0.6) is 11.5 Å². The van der Waals surface area contributed by atoms with Gasteiger partial charge in [-0.3, -0.25) is 0 Å². The predicted molar refractivity (Wildman–Crippen MR) is 70.1 cm³/mol. The Hall–Kier alpha value is -1.94. The van der Waals surface area contributed by atoms with Crippen LogP contribution in [0.3, 0.4) is 0 Å². The number of ether oxygens (including phenoxy) is 1. The maximum absolute atomic E-state index is 13.1. The van der Waals surface area contributed by atoms with Gasteiger partial charge in [-0.1, -0.05) is 25.1 Å². The average Bonchev–Trinajstić information content (AvgIpc) is 2.43. The van der Waals surface area contributed by atoms with Crippen LogP contribution in [-0.2, 0) is 0 Å². The van der Waals surface area contributed by atoms with Crippen molar-refractivity contribution in [1.82, 2.24) is 0 Å². The number of halogens is 2. The van der Waals surface area contributed by atoms with Crippen LogP contribution in [0.4, 0.5) is 8.78 Å². The summed E-state index contributed by atoms with van der Waals surface area (Å²) in [5.74, 6) is -1.03. The number of para-hydroxylation sites is 1. The summed E-state index contributed by atoms with van der Waals surface area (Å²) in [4.78, 5) is 0. The van der Waals surface area contributed by atoms with Gasteiger partial charge < -0.3 is 10.5 Å². The van der Waals surface area contributed by atoms with E-state index in [9.17, 15) is 8.78 Å². The highest BCUT2D eigenvalue weighted by Crippen LogP contribution is 2.30. The molecule has 0 aliphatic carbocycles. The van der Waals surface area contributed by atoms with Gasteiger partial charge in [-0.2, -0.15) is 0 Å². The lowest BCUT2D eigenvalue weighted by molar-refractivity contribution is 0.452. The van der Waals surface area contributed by atoms with Crippen LogP contribution in [0, 0.1) is 11.6 Å². The van der Waals surface area contributed by atoms with Crippen molar-refractivity contribution < 1.29 is 13.5 Å². The predicted octanol–water partition coefficient (Wildman–Crippen LogP) is 4.17. The number of nitrogens with two attached hydrogens (primary N) is 1. The maximum Gasteiger partial charge on any atom is 0.162 e. The Labute approximate surface area is 110 Å². The van der Waals surface area contributed by atoms with E-state index in [1.54, 1.807) is 12.1 Å². The highest BCUT2D eigenvalue weighted by atomic mass is 19.2. The number of rotatable bonds is 4. The Balaban J connectivity index is 2.30. The van der Waals surface area contributed by atoms with Crippen molar-refractivity contribution in [3.8, 4) is 11.5 Å². The SMILES string of the molecule is CC[C@@H](N)c1ccccc1Oc1ccc(F)c(F)c1. The van der Waals surface area contributed by atoms with Crippen LogP contribution in [0.15, 0.2) is 42.5 Å². The molecule has 4 heteroatoms. The van der Waals surface area contributed by atoms with Crippen molar-refractivity contribution >= 4 is 0 Å². The fourth-order valence-electron chi connectivity index (χ4n) is 1.77. The summed E-state index contributed by atoms with van der Waals surface area (Å²) in [6, 6.07) is 10.6. The molecule has 2 aromatic rings. The van der Waals surface area contributed by atoms with Crippen molar-refractivity contribution in [2.45, 2.75) is 19.4 Å².